The van der Waals surface area contributed by atoms with E-state index >= 15 is 0 Å². The second-order valence-corrected chi connectivity index (χ2v) is 9.42. The highest BCUT2D eigenvalue weighted by Crippen LogP contribution is 2.08. The minimum absolute atomic E-state index is 0.0462. The summed E-state index contributed by atoms with van der Waals surface area (Å²) in [6.07, 6.45) is 5.55. The SMILES string of the molecule is C=CC(C)(O)COCCOCC.C=C[C@H](NC(C)=O)C(=O)OC.CCOCCOCC(C)(O)/C=C/C(NC(C)=O)C(=O)OC. The van der Waals surface area contributed by atoms with Gasteiger partial charge in [-0.2, -0.15) is 0 Å². The fraction of sp³-hybridized carbons (Fsp3) is 0.667. The average Bonchev–Trinajstić information content (AvgIpc) is 2.97. The van der Waals surface area contributed by atoms with Crippen molar-refractivity contribution in [1.29, 1.82) is 0 Å². The molecule has 44 heavy (non-hydrogen) atoms. The van der Waals surface area contributed by atoms with Gasteiger partial charge in [0, 0.05) is 27.1 Å². The number of esters is 2. The number of aliphatic hydroxyl groups is 2. The molecule has 0 saturated heterocycles. The molecule has 2 amide bonds. The lowest BCUT2D eigenvalue weighted by atomic mass is 10.1. The Morgan fingerprint density at radius 2 is 1.11 bits per heavy atom. The molecule has 0 heterocycles. The molecule has 14 heteroatoms. The zero-order valence-corrected chi connectivity index (χ0v) is 27.5. The molecule has 0 spiro atoms. The molecule has 0 aliphatic rings. The normalized spacial score (nSPS) is 14.5. The van der Waals surface area contributed by atoms with Gasteiger partial charge in [-0.25, -0.2) is 9.59 Å². The van der Waals surface area contributed by atoms with Gasteiger partial charge in [0.05, 0.1) is 53.9 Å². The number of carbonyl (C=O) groups excluding carboxylic acids is 4. The van der Waals surface area contributed by atoms with E-state index in [4.69, 9.17) is 18.9 Å². The fourth-order valence-corrected chi connectivity index (χ4v) is 2.58. The van der Waals surface area contributed by atoms with Crippen molar-refractivity contribution in [2.24, 2.45) is 0 Å². The van der Waals surface area contributed by atoms with E-state index in [1.165, 1.54) is 59.3 Å². The molecule has 3 unspecified atom stereocenters. The van der Waals surface area contributed by atoms with Gasteiger partial charge < -0.3 is 49.3 Å². The van der Waals surface area contributed by atoms with Gasteiger partial charge in [0.25, 0.3) is 0 Å². The lowest BCUT2D eigenvalue weighted by Gasteiger charge is -2.20. The maximum absolute atomic E-state index is 11.5. The number of hydrogen-bond acceptors (Lipinski definition) is 12. The molecule has 0 bridgehead atoms. The summed E-state index contributed by atoms with van der Waals surface area (Å²) in [6.45, 7) is 20.0. The van der Waals surface area contributed by atoms with Gasteiger partial charge in [-0.15, -0.1) is 13.2 Å². The molecule has 0 aromatic heterocycles. The average molecular weight is 635 g/mol. The van der Waals surface area contributed by atoms with Crippen molar-refractivity contribution in [3.8, 4) is 0 Å². The Morgan fingerprint density at radius 1 is 0.727 bits per heavy atom. The van der Waals surface area contributed by atoms with Gasteiger partial charge in [0.2, 0.25) is 11.8 Å². The van der Waals surface area contributed by atoms with Crippen LogP contribution >= 0.6 is 0 Å². The van der Waals surface area contributed by atoms with Crippen molar-refractivity contribution >= 4 is 23.8 Å². The van der Waals surface area contributed by atoms with Crippen molar-refractivity contribution in [2.45, 2.75) is 64.8 Å². The Balaban J connectivity index is -0.000000622. The van der Waals surface area contributed by atoms with Gasteiger partial charge in [0.15, 0.2) is 0 Å². The molecule has 0 fully saturated rings. The van der Waals surface area contributed by atoms with Crippen LogP contribution in [0.15, 0.2) is 37.5 Å². The molecule has 0 aliphatic heterocycles. The van der Waals surface area contributed by atoms with Crippen LogP contribution in [0.25, 0.3) is 0 Å². The van der Waals surface area contributed by atoms with Gasteiger partial charge in [-0.1, -0.05) is 24.3 Å². The minimum Gasteiger partial charge on any atom is -0.467 e. The Kier molecular flexibility index (Phi) is 28.2. The summed E-state index contributed by atoms with van der Waals surface area (Å²) in [5, 5.41) is 24.3. The van der Waals surface area contributed by atoms with Gasteiger partial charge in [0.1, 0.15) is 23.3 Å². The number of rotatable bonds is 20. The van der Waals surface area contributed by atoms with Crippen molar-refractivity contribution in [3.05, 3.63) is 37.5 Å². The first-order valence-corrected chi connectivity index (χ1v) is 14.0. The van der Waals surface area contributed by atoms with E-state index < -0.39 is 35.2 Å². The number of ether oxygens (including phenoxy) is 6. The zero-order chi connectivity index (χ0) is 34.6. The number of methoxy groups -OCH3 is 2. The second kappa shape index (κ2) is 27.4. The Labute approximate surface area is 261 Å². The number of amides is 2. The summed E-state index contributed by atoms with van der Waals surface area (Å²) in [5.74, 6) is -1.80. The molecule has 256 valence electrons. The lowest BCUT2D eigenvalue weighted by Crippen LogP contribution is -2.39. The Bertz CT molecular complexity index is 859. The van der Waals surface area contributed by atoms with E-state index in [1.54, 1.807) is 6.92 Å². The van der Waals surface area contributed by atoms with E-state index in [2.05, 4.69) is 33.3 Å². The van der Waals surface area contributed by atoms with Gasteiger partial charge in [-0.3, -0.25) is 9.59 Å². The predicted octanol–water partition coefficient (Wildman–Crippen LogP) is 0.851. The monoisotopic (exact) mass is 634 g/mol. The molecule has 0 saturated carbocycles. The van der Waals surface area contributed by atoms with Crippen molar-refractivity contribution < 1.29 is 57.8 Å². The molecule has 4 atom stereocenters. The molecule has 0 aromatic rings. The smallest absolute Gasteiger partial charge is 0.332 e. The van der Waals surface area contributed by atoms with E-state index in [1.807, 2.05) is 13.8 Å². The molecule has 14 nitrogen and oxygen atoms in total. The topological polar surface area (TPSA) is 188 Å². The van der Waals surface area contributed by atoms with Gasteiger partial charge >= 0.3 is 11.9 Å². The highest BCUT2D eigenvalue weighted by molar-refractivity contribution is 5.85. The molecule has 0 rings (SSSR count). The Hall–Kier alpha value is -3.14. The van der Waals surface area contributed by atoms with Crippen molar-refractivity contribution in [1.82, 2.24) is 10.6 Å². The van der Waals surface area contributed by atoms with E-state index in [0.29, 0.717) is 39.6 Å². The minimum atomic E-state index is -1.27. The lowest BCUT2D eigenvalue weighted by molar-refractivity contribution is -0.143. The summed E-state index contributed by atoms with van der Waals surface area (Å²) < 4.78 is 29.5. The molecule has 0 aliphatic carbocycles. The molecule has 4 N–H and O–H groups in total. The summed E-state index contributed by atoms with van der Waals surface area (Å²) >= 11 is 0. The van der Waals surface area contributed by atoms with Crippen LogP contribution in [0.4, 0.5) is 0 Å². The number of carbonyl (C=O) groups is 4. The van der Waals surface area contributed by atoms with Crippen LogP contribution in [0.5, 0.6) is 0 Å². The van der Waals surface area contributed by atoms with Crippen LogP contribution in [-0.4, -0.2) is 124 Å². The van der Waals surface area contributed by atoms with Crippen LogP contribution in [-0.2, 0) is 47.6 Å². The van der Waals surface area contributed by atoms with Crippen LogP contribution in [0, 0.1) is 0 Å². The largest absolute Gasteiger partial charge is 0.467 e. The maximum atomic E-state index is 11.5. The van der Waals surface area contributed by atoms with E-state index in [9.17, 15) is 29.4 Å². The van der Waals surface area contributed by atoms with Crippen LogP contribution in [0.3, 0.4) is 0 Å². The summed E-state index contributed by atoms with van der Waals surface area (Å²) in [6, 6.07) is -1.68. The zero-order valence-electron chi connectivity index (χ0n) is 27.5. The van der Waals surface area contributed by atoms with E-state index in [0.717, 1.165) is 0 Å². The van der Waals surface area contributed by atoms with Crippen LogP contribution < -0.4 is 10.6 Å². The first kappa shape index (κ1) is 45.3. The summed E-state index contributed by atoms with van der Waals surface area (Å²) in [4.78, 5) is 43.7. The standard InChI is InChI=1S/C14H25NO6.C9H18O3.C7H11NO3/c1-5-20-8-9-21-10-14(3,18)7-6-12(13(17)19-4)15-11(2)16;1-4-9(3,10)8-12-7-6-11-5-2;1-4-6(7(10)11-3)8-5(2)9/h6-7,12,18H,5,8-10H2,1-4H3,(H,15,16);4,10H,1,5-8H2,2-3H3;4,6H,1H2,2-3H3,(H,8,9)/b7-6+;;/t;;6-/m..0/s1. The predicted molar refractivity (Wildman–Crippen MR) is 165 cm³/mol. The van der Waals surface area contributed by atoms with Crippen molar-refractivity contribution in [2.75, 3.05) is 67.1 Å². The molecule has 0 radical (unpaired) electrons. The first-order chi connectivity index (χ1) is 20.6. The summed E-state index contributed by atoms with van der Waals surface area (Å²) in [7, 11) is 2.47. The van der Waals surface area contributed by atoms with Gasteiger partial charge in [-0.05, 0) is 27.7 Å². The molecular weight excluding hydrogens is 580 g/mol. The highest BCUT2D eigenvalue weighted by Gasteiger charge is 2.21. The van der Waals surface area contributed by atoms with Crippen LogP contribution in [0.1, 0.15) is 41.5 Å². The van der Waals surface area contributed by atoms with E-state index in [-0.39, 0.29) is 25.0 Å². The third kappa shape index (κ3) is 29.0. The van der Waals surface area contributed by atoms with Crippen molar-refractivity contribution in [3.63, 3.8) is 0 Å². The molecular formula is C30H54N2O12. The fourth-order valence-electron chi connectivity index (χ4n) is 2.58. The first-order valence-electron chi connectivity index (χ1n) is 14.0. The Morgan fingerprint density at radius 3 is 1.48 bits per heavy atom. The quantitative estimate of drug-likeness (QED) is 0.0841. The van der Waals surface area contributed by atoms with Crippen LogP contribution in [0.2, 0.25) is 0 Å². The highest BCUT2D eigenvalue weighted by atomic mass is 16.5. The number of hydrogen-bond donors (Lipinski definition) is 4. The maximum Gasteiger partial charge on any atom is 0.332 e. The second-order valence-electron chi connectivity index (χ2n) is 9.42. The molecule has 0 aromatic carbocycles. The summed E-state index contributed by atoms with van der Waals surface area (Å²) in [5.41, 5.74) is -2.19. The number of nitrogens with one attached hydrogen (secondary N) is 2. The third-order valence-electron chi connectivity index (χ3n) is 4.89. The third-order valence-corrected chi connectivity index (χ3v) is 4.89.